The van der Waals surface area contributed by atoms with E-state index in [0.717, 1.165) is 22.4 Å². The van der Waals surface area contributed by atoms with E-state index in [1.165, 1.54) is 17.0 Å². The van der Waals surface area contributed by atoms with Gasteiger partial charge in [0.2, 0.25) is 11.7 Å². The quantitative estimate of drug-likeness (QED) is 0.0292. The molecule has 2 aromatic carbocycles. The second-order valence-corrected chi connectivity index (χ2v) is 20.4. The number of carbonyl (C=O) groups is 7. The van der Waals surface area contributed by atoms with E-state index in [1.54, 1.807) is 61.6 Å². The average Bonchev–Trinajstić information content (AvgIpc) is 3.32. The molecule has 5 N–H and O–H groups in total. The number of hydrogen-bond donors (Lipinski definition) is 5. The maximum absolute atomic E-state index is 14.3. The van der Waals surface area contributed by atoms with Crippen molar-refractivity contribution in [2.24, 2.45) is 16.2 Å². The molecule has 5 atom stereocenters. The number of nitrogens with one attached hydrogen (secondary N) is 4. The highest BCUT2D eigenvalue weighted by atomic mass is 16.6. The zero-order chi connectivity index (χ0) is 51.8. The third kappa shape index (κ3) is 16.6. The Hall–Kier alpha value is -6.40. The van der Waals surface area contributed by atoms with Gasteiger partial charge >= 0.3 is 18.2 Å². The molecule has 2 heterocycles. The summed E-state index contributed by atoms with van der Waals surface area (Å²) < 4.78 is 15.6. The van der Waals surface area contributed by atoms with Gasteiger partial charge in [0.25, 0.3) is 11.8 Å². The molecule has 1 aliphatic heterocycles. The van der Waals surface area contributed by atoms with Crippen molar-refractivity contribution in [3.05, 3.63) is 90.1 Å². The molecule has 1 aliphatic rings. The van der Waals surface area contributed by atoms with Crippen LogP contribution in [0.4, 0.5) is 9.59 Å². The molecular formula is C52H73N7O11. The summed E-state index contributed by atoms with van der Waals surface area (Å²) in [6, 6.07) is 18.2. The minimum absolute atomic E-state index is 0.105. The van der Waals surface area contributed by atoms with Gasteiger partial charge in [-0.2, -0.15) is 0 Å². The van der Waals surface area contributed by atoms with Crippen LogP contribution in [0.15, 0.2) is 79.0 Å². The number of aliphatic hydroxyl groups is 1. The molecular weight excluding hydrogens is 899 g/mol. The molecule has 5 amide bonds. The number of esters is 1. The van der Waals surface area contributed by atoms with Crippen LogP contribution < -0.4 is 21.4 Å². The van der Waals surface area contributed by atoms with E-state index >= 15 is 0 Å². The Kier molecular flexibility index (Phi) is 20.4. The second kappa shape index (κ2) is 25.5. The number of likely N-dealkylation sites (tertiary alicyclic amines) is 1. The zero-order valence-corrected chi connectivity index (χ0v) is 42.3. The van der Waals surface area contributed by atoms with Gasteiger partial charge in [-0.1, -0.05) is 123 Å². The van der Waals surface area contributed by atoms with Crippen LogP contribution in [0.2, 0.25) is 0 Å². The third-order valence-electron chi connectivity index (χ3n) is 12.3. The molecule has 0 aliphatic carbocycles. The van der Waals surface area contributed by atoms with Crippen LogP contribution in [0.3, 0.4) is 0 Å². The molecule has 1 unspecified atom stereocenters. The van der Waals surface area contributed by atoms with E-state index in [2.05, 4.69) is 26.4 Å². The normalized spacial score (nSPS) is 15.9. The van der Waals surface area contributed by atoms with Gasteiger partial charge in [-0.25, -0.2) is 19.4 Å². The summed E-state index contributed by atoms with van der Waals surface area (Å²) in [5.74, 6) is -3.20. The number of methoxy groups -OCH3 is 1. The molecule has 3 aromatic rings. The smallest absolute Gasteiger partial charge is 0.407 e. The number of hydrogen-bond acceptors (Lipinski definition) is 13. The molecule has 0 saturated carbocycles. The van der Waals surface area contributed by atoms with Crippen LogP contribution in [-0.2, 0) is 51.1 Å². The lowest BCUT2D eigenvalue weighted by molar-refractivity contribution is -0.161. The molecule has 70 heavy (non-hydrogen) atoms. The van der Waals surface area contributed by atoms with Gasteiger partial charge in [0.15, 0.2) is 0 Å². The Labute approximate surface area is 411 Å². The summed E-state index contributed by atoms with van der Waals surface area (Å²) in [4.78, 5) is 99.0. The molecule has 382 valence electrons. The fourth-order valence-electron chi connectivity index (χ4n) is 7.74. The number of amides is 5. The first-order valence-corrected chi connectivity index (χ1v) is 23.8. The van der Waals surface area contributed by atoms with Crippen LogP contribution in [0.1, 0.15) is 99.1 Å². The van der Waals surface area contributed by atoms with Crippen LogP contribution in [0, 0.1) is 16.2 Å². The van der Waals surface area contributed by atoms with Crippen LogP contribution >= 0.6 is 0 Å². The maximum Gasteiger partial charge on any atom is 0.407 e. The number of carbonyl (C=O) groups excluding carboxylic acids is 7. The molecule has 18 nitrogen and oxygen atoms in total. The topological polar surface area (TPSA) is 235 Å². The SMILES string of the molecule is CCC(C)(C)C(=O)C(=O)N1CCCC[C@@H]1C(=O)OCCOC(=O)NC(C(=O)N[C@@H](Cc1ccccc1)[C@@H](O)CN(Cc1ccc(-c2ccccn2)cc1)NC(=O)[C@@H](NC(=O)OC)C(C)(C)C)C(C)(C)C. The second-order valence-electron chi connectivity index (χ2n) is 20.4. The standard InChI is InChI=1S/C52H73N7O11/c1-11-52(8,9)43(61)46(64)59-28-18-16-22-39(59)47(65)69-29-30-70-49(67)56-41(50(2,3)4)44(62)54-38(31-34-19-13-12-14-20-34)40(60)33-58(57-45(63)42(51(5,6)7)55-48(66)68-10)32-35-23-25-36(26-24-35)37-21-15-17-27-53-37/h12-15,17,19-21,23-27,38-42,60H,11,16,18,22,28-33H2,1-10H3,(H,54,62)(H,55,66)(H,56,67)(H,57,63)/t38-,39+,40-,41?,42+/m0/s1. The maximum atomic E-state index is 14.3. The highest BCUT2D eigenvalue weighted by Crippen LogP contribution is 2.27. The number of aliphatic hydroxyl groups excluding tert-OH is 1. The molecule has 18 heteroatoms. The van der Waals surface area contributed by atoms with Gasteiger partial charge in [-0.15, -0.1) is 0 Å². The fourth-order valence-corrected chi connectivity index (χ4v) is 7.74. The summed E-state index contributed by atoms with van der Waals surface area (Å²) in [5.41, 5.74) is 3.57. The van der Waals surface area contributed by atoms with Crippen LogP contribution in [0.5, 0.6) is 0 Å². The van der Waals surface area contributed by atoms with E-state index in [4.69, 9.17) is 14.2 Å². The number of alkyl carbamates (subject to hydrolysis) is 2. The molecule has 1 fully saturated rings. The van der Waals surface area contributed by atoms with Crippen molar-refractivity contribution in [1.29, 1.82) is 0 Å². The molecule has 0 bridgehead atoms. The van der Waals surface area contributed by atoms with Crippen LogP contribution in [0.25, 0.3) is 11.3 Å². The highest BCUT2D eigenvalue weighted by Gasteiger charge is 2.41. The fraction of sp³-hybridized carbons (Fsp3) is 0.538. The summed E-state index contributed by atoms with van der Waals surface area (Å²) in [6.07, 6.45) is 0.856. The molecule has 4 rings (SSSR count). The van der Waals surface area contributed by atoms with Crippen molar-refractivity contribution in [2.45, 2.75) is 131 Å². The van der Waals surface area contributed by atoms with Crippen molar-refractivity contribution in [2.75, 3.05) is 33.4 Å². The predicted octanol–water partition coefficient (Wildman–Crippen LogP) is 5.51. The summed E-state index contributed by atoms with van der Waals surface area (Å²) in [7, 11) is 1.20. The first kappa shape index (κ1) is 56.2. The molecule has 0 radical (unpaired) electrons. The average molecular weight is 972 g/mol. The van der Waals surface area contributed by atoms with Crippen LogP contribution in [-0.4, -0.2) is 125 Å². The van der Waals surface area contributed by atoms with E-state index in [0.29, 0.717) is 25.7 Å². The van der Waals surface area contributed by atoms with Gasteiger partial charge in [0, 0.05) is 36.8 Å². The minimum Gasteiger partial charge on any atom is -0.461 e. The van der Waals surface area contributed by atoms with E-state index in [9.17, 15) is 38.7 Å². The highest BCUT2D eigenvalue weighted by molar-refractivity contribution is 6.38. The number of aromatic nitrogens is 1. The third-order valence-corrected chi connectivity index (χ3v) is 12.3. The van der Waals surface area contributed by atoms with Gasteiger partial charge in [0.05, 0.1) is 24.9 Å². The Morgan fingerprint density at radius 3 is 1.97 bits per heavy atom. The Morgan fingerprint density at radius 2 is 1.37 bits per heavy atom. The van der Waals surface area contributed by atoms with Gasteiger partial charge in [0.1, 0.15) is 31.3 Å². The first-order valence-electron chi connectivity index (χ1n) is 23.8. The first-order chi connectivity index (χ1) is 32.9. The number of hydrazine groups is 1. The molecule has 1 aromatic heterocycles. The minimum atomic E-state index is -1.33. The predicted molar refractivity (Wildman–Crippen MR) is 262 cm³/mol. The summed E-state index contributed by atoms with van der Waals surface area (Å²) in [6.45, 7) is 15.2. The number of ether oxygens (including phenoxy) is 3. The van der Waals surface area contributed by atoms with Gasteiger partial charge < -0.3 is 40.2 Å². The lowest BCUT2D eigenvalue weighted by atomic mass is 9.84. The lowest BCUT2D eigenvalue weighted by Crippen LogP contribution is -2.61. The monoisotopic (exact) mass is 972 g/mol. The number of nitrogens with zero attached hydrogens (tertiary/aromatic N) is 3. The zero-order valence-electron chi connectivity index (χ0n) is 42.3. The van der Waals surface area contributed by atoms with Gasteiger partial charge in [-0.3, -0.25) is 29.6 Å². The van der Waals surface area contributed by atoms with E-state index in [1.807, 2.05) is 79.7 Å². The van der Waals surface area contributed by atoms with Crippen molar-refractivity contribution < 1.29 is 52.9 Å². The van der Waals surface area contributed by atoms with Crippen molar-refractivity contribution in [1.82, 2.24) is 36.3 Å². The number of rotatable bonds is 21. The van der Waals surface area contributed by atoms with Crippen molar-refractivity contribution in [3.8, 4) is 11.3 Å². The number of benzene rings is 2. The van der Waals surface area contributed by atoms with Gasteiger partial charge in [-0.05, 0) is 66.2 Å². The Bertz CT molecular complexity index is 2230. The summed E-state index contributed by atoms with van der Waals surface area (Å²) in [5, 5.41) is 21.8. The largest absolute Gasteiger partial charge is 0.461 e. The Balaban J connectivity index is 1.50. The summed E-state index contributed by atoms with van der Waals surface area (Å²) >= 11 is 0. The van der Waals surface area contributed by atoms with Crippen molar-refractivity contribution >= 4 is 41.7 Å². The number of ketones is 1. The number of pyridine rings is 1. The molecule has 1 saturated heterocycles. The van der Waals surface area contributed by atoms with E-state index in [-0.39, 0.29) is 39.3 Å². The Morgan fingerprint density at radius 1 is 0.757 bits per heavy atom. The van der Waals surface area contributed by atoms with E-state index < -0.39 is 88.2 Å². The molecule has 0 spiro atoms. The number of Topliss-reactive ketones (excluding diaryl/α,β-unsaturated/α-hetero) is 1. The lowest BCUT2D eigenvalue weighted by Gasteiger charge is -2.36. The van der Waals surface area contributed by atoms with Crippen molar-refractivity contribution in [3.63, 3.8) is 0 Å². The number of piperidine rings is 1.